The summed E-state index contributed by atoms with van der Waals surface area (Å²) in [6.07, 6.45) is 4.07. The molecule has 1 aliphatic carbocycles. The van der Waals surface area contributed by atoms with Gasteiger partial charge in [0.2, 0.25) is 0 Å². The van der Waals surface area contributed by atoms with Crippen LogP contribution in [0.15, 0.2) is 35.4 Å². The molecule has 0 unspecified atom stereocenters. The minimum absolute atomic E-state index is 0.211. The van der Waals surface area contributed by atoms with E-state index in [0.717, 1.165) is 18.0 Å². The van der Waals surface area contributed by atoms with Gasteiger partial charge in [-0.25, -0.2) is 0 Å². The summed E-state index contributed by atoms with van der Waals surface area (Å²) in [6, 6.07) is 8.26. The Morgan fingerprint density at radius 2 is 2.05 bits per heavy atom. The molecule has 0 spiro atoms. The Morgan fingerprint density at radius 3 is 2.71 bits per heavy atom. The predicted octanol–water partition coefficient (Wildman–Crippen LogP) is 5.41. The second kappa shape index (κ2) is 6.55. The zero-order valence-corrected chi connectivity index (χ0v) is 14.1. The smallest absolute Gasteiger partial charge is 0.121 e. The maximum absolute atomic E-state index is 5.76. The molecule has 116 valence electrons. The van der Waals surface area contributed by atoms with Gasteiger partial charge >= 0.3 is 0 Å². The molecular formula is C19H29NO. The van der Waals surface area contributed by atoms with E-state index >= 15 is 0 Å². The van der Waals surface area contributed by atoms with Crippen molar-refractivity contribution in [3.63, 3.8) is 0 Å². The van der Waals surface area contributed by atoms with Crippen molar-refractivity contribution < 1.29 is 4.74 Å². The van der Waals surface area contributed by atoms with Crippen LogP contribution in [0.3, 0.4) is 0 Å². The number of anilines is 1. The van der Waals surface area contributed by atoms with Crippen LogP contribution in [0.5, 0.6) is 5.75 Å². The first kappa shape index (κ1) is 15.9. The summed E-state index contributed by atoms with van der Waals surface area (Å²) in [4.78, 5) is 0. The molecule has 0 aromatic heterocycles. The average molecular weight is 287 g/mol. The Kier molecular flexibility index (Phi) is 4.97. The Balaban J connectivity index is 2.06. The van der Waals surface area contributed by atoms with Gasteiger partial charge in [-0.15, -0.1) is 0 Å². The van der Waals surface area contributed by atoms with Crippen LogP contribution in [0.25, 0.3) is 0 Å². The van der Waals surface area contributed by atoms with Crippen LogP contribution in [0.4, 0.5) is 5.69 Å². The molecule has 0 amide bonds. The van der Waals surface area contributed by atoms with Crippen molar-refractivity contribution in [2.75, 3.05) is 11.9 Å². The third-order valence-corrected chi connectivity index (χ3v) is 4.36. The fourth-order valence-electron chi connectivity index (χ4n) is 3.21. The zero-order chi connectivity index (χ0) is 15.5. The van der Waals surface area contributed by atoms with Gasteiger partial charge in [-0.1, -0.05) is 25.5 Å². The standard InChI is InChI=1S/C19H29NO/c1-14(2)21-17-10-6-9-16(12-17)20-13-18-15(3)8-7-11-19(18,4)5/h6,9-10,12,14,20H,7-8,11,13H2,1-5H3. The maximum Gasteiger partial charge on any atom is 0.121 e. The van der Waals surface area contributed by atoms with Crippen LogP contribution in [-0.2, 0) is 0 Å². The van der Waals surface area contributed by atoms with Gasteiger partial charge in [-0.05, 0) is 63.2 Å². The second-order valence-corrected chi connectivity index (χ2v) is 7.04. The summed E-state index contributed by atoms with van der Waals surface area (Å²) < 4.78 is 5.76. The van der Waals surface area contributed by atoms with Crippen molar-refractivity contribution in [1.82, 2.24) is 0 Å². The number of benzene rings is 1. The molecule has 1 aromatic carbocycles. The van der Waals surface area contributed by atoms with Crippen molar-refractivity contribution in [2.45, 2.75) is 60.0 Å². The molecule has 1 aliphatic rings. The minimum atomic E-state index is 0.211. The zero-order valence-electron chi connectivity index (χ0n) is 14.1. The van der Waals surface area contributed by atoms with Crippen LogP contribution in [-0.4, -0.2) is 12.6 Å². The highest BCUT2D eigenvalue weighted by Gasteiger charge is 2.27. The van der Waals surface area contributed by atoms with Crippen LogP contribution < -0.4 is 10.1 Å². The van der Waals surface area contributed by atoms with Crippen molar-refractivity contribution in [1.29, 1.82) is 0 Å². The van der Waals surface area contributed by atoms with Crippen LogP contribution >= 0.6 is 0 Å². The van der Waals surface area contributed by atoms with Crippen molar-refractivity contribution in [2.24, 2.45) is 5.41 Å². The number of rotatable bonds is 5. The van der Waals surface area contributed by atoms with E-state index in [1.807, 2.05) is 12.1 Å². The van der Waals surface area contributed by atoms with Crippen LogP contribution in [0.1, 0.15) is 53.9 Å². The molecular weight excluding hydrogens is 258 g/mol. The van der Waals surface area contributed by atoms with Gasteiger partial charge in [0, 0.05) is 18.3 Å². The molecule has 2 nitrogen and oxygen atoms in total. The third kappa shape index (κ3) is 4.26. The number of hydrogen-bond donors (Lipinski definition) is 1. The fraction of sp³-hybridized carbons (Fsp3) is 0.579. The Bertz CT molecular complexity index is 514. The average Bonchev–Trinajstić information content (AvgIpc) is 2.37. The van der Waals surface area contributed by atoms with E-state index in [-0.39, 0.29) is 6.10 Å². The van der Waals surface area contributed by atoms with E-state index in [4.69, 9.17) is 4.74 Å². The summed E-state index contributed by atoms with van der Waals surface area (Å²) in [5, 5.41) is 3.58. The molecule has 0 atom stereocenters. The first-order valence-electron chi connectivity index (χ1n) is 8.08. The summed E-state index contributed by atoms with van der Waals surface area (Å²) >= 11 is 0. The van der Waals surface area contributed by atoms with Gasteiger partial charge in [0.05, 0.1) is 6.10 Å². The topological polar surface area (TPSA) is 21.3 Å². The number of ether oxygens (including phenoxy) is 1. The Hall–Kier alpha value is -1.44. The van der Waals surface area contributed by atoms with Crippen LogP contribution in [0, 0.1) is 5.41 Å². The molecule has 2 rings (SSSR count). The molecule has 0 fully saturated rings. The first-order valence-corrected chi connectivity index (χ1v) is 8.08. The largest absolute Gasteiger partial charge is 0.491 e. The highest BCUT2D eigenvalue weighted by Crippen LogP contribution is 2.40. The first-order chi connectivity index (χ1) is 9.88. The van der Waals surface area contributed by atoms with Crippen LogP contribution in [0.2, 0.25) is 0 Å². The van der Waals surface area contributed by atoms with E-state index < -0.39 is 0 Å². The quantitative estimate of drug-likeness (QED) is 0.731. The SMILES string of the molecule is CC1=C(CNc2cccc(OC(C)C)c2)C(C)(C)CCC1. The Labute approximate surface area is 129 Å². The van der Waals surface area contributed by atoms with Crippen molar-refractivity contribution in [3.8, 4) is 5.75 Å². The lowest BCUT2D eigenvalue weighted by atomic mass is 9.73. The van der Waals surface area contributed by atoms with Crippen molar-refractivity contribution in [3.05, 3.63) is 35.4 Å². The monoisotopic (exact) mass is 287 g/mol. The van der Waals surface area contributed by atoms with Gasteiger partial charge in [-0.2, -0.15) is 0 Å². The summed E-state index contributed by atoms with van der Waals surface area (Å²) in [7, 11) is 0. The molecule has 0 saturated carbocycles. The number of allylic oxidation sites excluding steroid dienone is 1. The van der Waals surface area contributed by atoms with Gasteiger partial charge in [-0.3, -0.25) is 0 Å². The molecule has 1 aromatic rings. The third-order valence-electron chi connectivity index (χ3n) is 4.36. The lowest BCUT2D eigenvalue weighted by molar-refractivity contribution is 0.242. The van der Waals surface area contributed by atoms with Gasteiger partial charge < -0.3 is 10.1 Å². The molecule has 0 radical (unpaired) electrons. The van der Waals surface area contributed by atoms with Gasteiger partial charge in [0.15, 0.2) is 0 Å². The maximum atomic E-state index is 5.76. The molecule has 1 N–H and O–H groups in total. The van der Waals surface area contributed by atoms with Gasteiger partial charge in [0.1, 0.15) is 5.75 Å². The highest BCUT2D eigenvalue weighted by molar-refractivity contribution is 5.49. The lowest BCUT2D eigenvalue weighted by Crippen LogP contribution is -2.25. The molecule has 21 heavy (non-hydrogen) atoms. The highest BCUT2D eigenvalue weighted by atomic mass is 16.5. The number of hydrogen-bond acceptors (Lipinski definition) is 2. The molecule has 0 bridgehead atoms. The fourth-order valence-corrected chi connectivity index (χ4v) is 3.21. The normalized spacial score (nSPS) is 18.0. The van der Waals surface area contributed by atoms with Crippen molar-refractivity contribution >= 4 is 5.69 Å². The van der Waals surface area contributed by atoms with Gasteiger partial charge in [0.25, 0.3) is 0 Å². The van der Waals surface area contributed by atoms with E-state index in [1.54, 1.807) is 11.1 Å². The molecule has 2 heteroatoms. The lowest BCUT2D eigenvalue weighted by Gasteiger charge is -2.35. The molecule has 0 aliphatic heterocycles. The molecule has 0 saturated heterocycles. The minimum Gasteiger partial charge on any atom is -0.491 e. The molecule has 0 heterocycles. The summed E-state index contributed by atoms with van der Waals surface area (Å²) in [5.74, 6) is 0.934. The summed E-state index contributed by atoms with van der Waals surface area (Å²) in [6.45, 7) is 12.1. The van der Waals surface area contributed by atoms with E-state index in [9.17, 15) is 0 Å². The number of nitrogens with one attached hydrogen (secondary N) is 1. The Morgan fingerprint density at radius 1 is 1.29 bits per heavy atom. The summed E-state index contributed by atoms with van der Waals surface area (Å²) in [5.41, 5.74) is 4.59. The second-order valence-electron chi connectivity index (χ2n) is 7.04. The van der Waals surface area contributed by atoms with E-state index in [2.05, 4.69) is 52.1 Å². The van der Waals surface area contributed by atoms with E-state index in [1.165, 1.54) is 19.3 Å². The predicted molar refractivity (Wildman–Crippen MR) is 91.0 cm³/mol. The van der Waals surface area contributed by atoms with E-state index in [0.29, 0.717) is 5.41 Å².